The number of aryl methyl sites for hydroxylation is 1. The summed E-state index contributed by atoms with van der Waals surface area (Å²) < 4.78 is 0. The second-order valence-corrected chi connectivity index (χ2v) is 4.20. The minimum absolute atomic E-state index is 0.210. The number of rotatable bonds is 3. The third-order valence-corrected chi connectivity index (χ3v) is 2.98. The van der Waals surface area contributed by atoms with Crippen molar-refractivity contribution < 1.29 is 5.11 Å². The zero-order valence-corrected chi connectivity index (χ0v) is 11.0. The van der Waals surface area contributed by atoms with Gasteiger partial charge in [-0.3, -0.25) is 0 Å². The average molecular weight is 253 g/mol. The molecule has 1 aromatic carbocycles. The molecule has 0 aliphatic heterocycles. The van der Waals surface area contributed by atoms with Crippen molar-refractivity contribution >= 4 is 11.4 Å². The molecular weight excluding hydrogens is 238 g/mol. The summed E-state index contributed by atoms with van der Waals surface area (Å²) in [5, 5.41) is 18.8. The molecule has 0 amide bonds. The molecule has 1 aromatic heterocycles. The van der Waals surface area contributed by atoms with E-state index in [0.717, 1.165) is 16.9 Å². The van der Waals surface area contributed by atoms with Gasteiger partial charge in [0.2, 0.25) is 0 Å². The van der Waals surface area contributed by atoms with Crippen molar-refractivity contribution in [3.05, 3.63) is 47.8 Å². The van der Waals surface area contributed by atoms with Crippen molar-refractivity contribution in [3.63, 3.8) is 0 Å². The van der Waals surface area contributed by atoms with Gasteiger partial charge in [-0.05, 0) is 37.6 Å². The summed E-state index contributed by atoms with van der Waals surface area (Å²) in [6.07, 6.45) is 1.60. The molecule has 2 rings (SSSR count). The molecule has 4 nitrogen and oxygen atoms in total. The number of phenolic OH excluding ortho intramolecular Hbond substituents is 1. The van der Waals surface area contributed by atoms with Crippen molar-refractivity contribution in [2.24, 2.45) is 0 Å². The highest BCUT2D eigenvalue weighted by Gasteiger charge is 2.14. The van der Waals surface area contributed by atoms with E-state index in [9.17, 15) is 5.11 Å². The summed E-state index contributed by atoms with van der Waals surface area (Å²) in [7, 11) is 0. The molecule has 96 valence electrons. The van der Waals surface area contributed by atoms with Crippen LogP contribution in [0.5, 0.6) is 5.75 Å². The third-order valence-electron chi connectivity index (χ3n) is 2.98. The van der Waals surface area contributed by atoms with Gasteiger partial charge in [0.15, 0.2) is 5.69 Å². The Hall–Kier alpha value is -2.54. The van der Waals surface area contributed by atoms with Crippen molar-refractivity contribution in [2.45, 2.75) is 13.8 Å². The first-order valence-corrected chi connectivity index (χ1v) is 6.09. The van der Waals surface area contributed by atoms with E-state index < -0.39 is 0 Å². The SMILES string of the molecule is CCN(c1cc(O)ccc1C)c1cccnc1C#N. The summed E-state index contributed by atoms with van der Waals surface area (Å²) in [6, 6.07) is 11.0. The molecule has 19 heavy (non-hydrogen) atoms. The van der Waals surface area contributed by atoms with Crippen molar-refractivity contribution in [1.29, 1.82) is 5.26 Å². The molecule has 4 heteroatoms. The van der Waals surface area contributed by atoms with Gasteiger partial charge in [-0.2, -0.15) is 5.26 Å². The van der Waals surface area contributed by atoms with Gasteiger partial charge < -0.3 is 10.0 Å². The van der Waals surface area contributed by atoms with E-state index in [0.29, 0.717) is 12.2 Å². The molecule has 0 bridgehead atoms. The minimum atomic E-state index is 0.210. The zero-order chi connectivity index (χ0) is 13.8. The van der Waals surface area contributed by atoms with Crippen LogP contribution in [0.4, 0.5) is 11.4 Å². The summed E-state index contributed by atoms with van der Waals surface area (Å²) in [6.45, 7) is 4.65. The number of anilines is 2. The van der Waals surface area contributed by atoms with Crippen LogP contribution >= 0.6 is 0 Å². The minimum Gasteiger partial charge on any atom is -0.508 e. The highest BCUT2D eigenvalue weighted by Crippen LogP contribution is 2.32. The molecule has 2 aromatic rings. The van der Waals surface area contributed by atoms with Gasteiger partial charge in [-0.25, -0.2) is 4.98 Å². The molecule has 1 N–H and O–H groups in total. The van der Waals surface area contributed by atoms with Gasteiger partial charge in [-0.15, -0.1) is 0 Å². The number of phenols is 1. The van der Waals surface area contributed by atoms with Crippen LogP contribution in [-0.2, 0) is 0 Å². The van der Waals surface area contributed by atoms with Gasteiger partial charge in [0, 0.05) is 24.5 Å². The maximum atomic E-state index is 9.65. The predicted molar refractivity (Wildman–Crippen MR) is 74.5 cm³/mol. The molecule has 0 unspecified atom stereocenters. The number of benzene rings is 1. The second kappa shape index (κ2) is 5.40. The lowest BCUT2D eigenvalue weighted by Gasteiger charge is -2.25. The normalized spacial score (nSPS) is 9.95. The van der Waals surface area contributed by atoms with E-state index >= 15 is 0 Å². The van der Waals surface area contributed by atoms with Gasteiger partial charge >= 0.3 is 0 Å². The zero-order valence-electron chi connectivity index (χ0n) is 11.0. The highest BCUT2D eigenvalue weighted by atomic mass is 16.3. The van der Waals surface area contributed by atoms with Crippen LogP contribution in [0.3, 0.4) is 0 Å². The molecule has 1 heterocycles. The smallest absolute Gasteiger partial charge is 0.164 e. The molecule has 0 aliphatic rings. The monoisotopic (exact) mass is 253 g/mol. The Morgan fingerprint density at radius 3 is 2.79 bits per heavy atom. The van der Waals surface area contributed by atoms with E-state index in [1.807, 2.05) is 30.9 Å². The molecule has 0 saturated heterocycles. The molecule has 0 fully saturated rings. The van der Waals surface area contributed by atoms with Crippen LogP contribution in [0, 0.1) is 18.3 Å². The van der Waals surface area contributed by atoms with E-state index in [1.165, 1.54) is 0 Å². The third kappa shape index (κ3) is 2.50. The number of nitrogens with zero attached hydrogens (tertiary/aromatic N) is 3. The Labute approximate surface area is 112 Å². The first kappa shape index (κ1) is 12.9. The summed E-state index contributed by atoms with van der Waals surface area (Å²) in [4.78, 5) is 6.05. The van der Waals surface area contributed by atoms with Gasteiger partial charge in [0.1, 0.15) is 11.8 Å². The number of hydrogen-bond donors (Lipinski definition) is 1. The van der Waals surface area contributed by atoms with Gasteiger partial charge in [0.05, 0.1) is 5.69 Å². The van der Waals surface area contributed by atoms with E-state index in [1.54, 1.807) is 24.4 Å². The van der Waals surface area contributed by atoms with E-state index in [2.05, 4.69) is 11.1 Å². The van der Waals surface area contributed by atoms with Crippen LogP contribution in [0.2, 0.25) is 0 Å². The Balaban J connectivity index is 2.57. The number of nitriles is 1. The van der Waals surface area contributed by atoms with Crippen molar-refractivity contribution in [3.8, 4) is 11.8 Å². The Morgan fingerprint density at radius 2 is 2.11 bits per heavy atom. The van der Waals surface area contributed by atoms with E-state index in [4.69, 9.17) is 5.26 Å². The summed E-state index contributed by atoms with van der Waals surface area (Å²) in [5.74, 6) is 0.210. The molecule has 0 radical (unpaired) electrons. The molecule has 0 atom stereocenters. The summed E-state index contributed by atoms with van der Waals surface area (Å²) >= 11 is 0. The maximum Gasteiger partial charge on any atom is 0.164 e. The largest absolute Gasteiger partial charge is 0.508 e. The van der Waals surface area contributed by atoms with Crippen LogP contribution in [0.1, 0.15) is 18.2 Å². The fourth-order valence-electron chi connectivity index (χ4n) is 2.06. The highest BCUT2D eigenvalue weighted by molar-refractivity contribution is 5.70. The lowest BCUT2D eigenvalue weighted by Crippen LogP contribution is -2.18. The van der Waals surface area contributed by atoms with Gasteiger partial charge in [0.25, 0.3) is 0 Å². The summed E-state index contributed by atoms with van der Waals surface area (Å²) in [5.41, 5.74) is 3.05. The quantitative estimate of drug-likeness (QED) is 0.913. The maximum absolute atomic E-state index is 9.65. The Bertz CT molecular complexity index is 632. The fraction of sp³-hybridized carbons (Fsp3) is 0.200. The molecular formula is C15H15N3O. The van der Waals surface area contributed by atoms with Gasteiger partial charge in [-0.1, -0.05) is 6.07 Å². The van der Waals surface area contributed by atoms with Crippen molar-refractivity contribution in [2.75, 3.05) is 11.4 Å². The standard InChI is InChI=1S/C15H15N3O/c1-3-18(14-5-4-8-17-13(14)10-16)15-9-12(19)7-6-11(15)2/h4-9,19H,3H2,1-2H3. The Morgan fingerprint density at radius 1 is 1.32 bits per heavy atom. The van der Waals surface area contributed by atoms with Crippen LogP contribution < -0.4 is 4.90 Å². The molecule has 0 aliphatic carbocycles. The lowest BCUT2D eigenvalue weighted by atomic mass is 10.1. The number of aromatic hydroxyl groups is 1. The van der Waals surface area contributed by atoms with Crippen molar-refractivity contribution in [1.82, 2.24) is 4.98 Å². The number of pyridine rings is 1. The Kier molecular flexibility index (Phi) is 3.67. The van der Waals surface area contributed by atoms with Crippen LogP contribution in [0.25, 0.3) is 0 Å². The topological polar surface area (TPSA) is 60.1 Å². The first-order valence-electron chi connectivity index (χ1n) is 6.09. The van der Waals surface area contributed by atoms with Crippen LogP contribution in [0.15, 0.2) is 36.5 Å². The van der Waals surface area contributed by atoms with E-state index in [-0.39, 0.29) is 5.75 Å². The first-order chi connectivity index (χ1) is 9.17. The fourth-order valence-corrected chi connectivity index (χ4v) is 2.06. The second-order valence-electron chi connectivity index (χ2n) is 4.20. The molecule has 0 saturated carbocycles. The number of hydrogen-bond acceptors (Lipinski definition) is 4. The lowest BCUT2D eigenvalue weighted by molar-refractivity contribution is 0.475. The number of aromatic nitrogens is 1. The predicted octanol–water partition coefficient (Wildman–Crippen LogP) is 3.13. The van der Waals surface area contributed by atoms with Crippen LogP contribution in [-0.4, -0.2) is 16.6 Å². The molecule has 0 spiro atoms. The average Bonchev–Trinajstić information content (AvgIpc) is 2.44.